The second kappa shape index (κ2) is 12.9. The molecule has 0 spiro atoms. The summed E-state index contributed by atoms with van der Waals surface area (Å²) in [5.74, 6) is -1.47. The first-order valence-electron chi connectivity index (χ1n) is 12.6. The third-order valence-corrected chi connectivity index (χ3v) is 6.53. The van der Waals surface area contributed by atoms with E-state index in [4.69, 9.17) is 9.47 Å². The lowest BCUT2D eigenvalue weighted by Gasteiger charge is -2.41. The van der Waals surface area contributed by atoms with Crippen molar-refractivity contribution in [1.29, 1.82) is 0 Å². The van der Waals surface area contributed by atoms with Crippen molar-refractivity contribution in [2.75, 3.05) is 24.0 Å². The average molecular weight is 507 g/mol. The van der Waals surface area contributed by atoms with E-state index in [1.165, 1.54) is 44.9 Å². The summed E-state index contributed by atoms with van der Waals surface area (Å²) in [6, 6.07) is 11.5. The van der Waals surface area contributed by atoms with Crippen LogP contribution in [0.5, 0.6) is 0 Å². The minimum Gasteiger partial charge on any atom is -0.465 e. The molecule has 3 rings (SSSR count). The predicted octanol–water partition coefficient (Wildman–Crippen LogP) is 5.91. The topological polar surface area (TPSA) is 93.2 Å². The highest BCUT2D eigenvalue weighted by atomic mass is 16.5. The molecule has 8 heteroatoms. The van der Waals surface area contributed by atoms with E-state index in [1.54, 1.807) is 29.2 Å². The summed E-state index contributed by atoms with van der Waals surface area (Å²) in [6.45, 7) is 6.24. The summed E-state index contributed by atoms with van der Waals surface area (Å²) < 4.78 is 9.51. The number of carbonyl (C=O) groups is 4. The van der Waals surface area contributed by atoms with Gasteiger partial charge in [0.15, 0.2) is 0 Å². The number of anilines is 2. The van der Waals surface area contributed by atoms with Crippen molar-refractivity contribution in [3.63, 3.8) is 0 Å². The van der Waals surface area contributed by atoms with Crippen LogP contribution in [0.3, 0.4) is 0 Å². The quantitative estimate of drug-likeness (QED) is 0.214. The first kappa shape index (κ1) is 27.6. The minimum atomic E-state index is -0.523. The van der Waals surface area contributed by atoms with Gasteiger partial charge in [0.2, 0.25) is 0 Å². The Hall–Kier alpha value is -3.94. The van der Waals surface area contributed by atoms with Crippen molar-refractivity contribution < 1.29 is 28.7 Å². The Balaban J connectivity index is 1.92. The molecule has 1 heterocycles. The van der Waals surface area contributed by atoms with Gasteiger partial charge < -0.3 is 9.47 Å². The molecule has 2 aromatic rings. The number of unbranched alkanes of at least 4 members (excludes halogenated alkanes) is 5. The minimum absolute atomic E-state index is 0.304. The van der Waals surface area contributed by atoms with Crippen molar-refractivity contribution >= 4 is 35.3 Å². The molecule has 37 heavy (non-hydrogen) atoms. The van der Waals surface area contributed by atoms with Crippen LogP contribution < -0.4 is 9.80 Å². The lowest BCUT2D eigenvalue weighted by atomic mass is 9.95. The van der Waals surface area contributed by atoms with Crippen LogP contribution in [-0.4, -0.2) is 44.1 Å². The Bertz CT molecular complexity index is 1140. The van der Waals surface area contributed by atoms with E-state index in [2.05, 4.69) is 13.5 Å². The van der Waals surface area contributed by atoms with Gasteiger partial charge in [0.05, 0.1) is 37.1 Å². The fraction of sp³-hybridized carbons (Fsp3) is 0.379. The molecule has 1 fully saturated rings. The van der Waals surface area contributed by atoms with Crippen molar-refractivity contribution in [3.8, 4) is 0 Å². The molecular weight excluding hydrogens is 472 g/mol. The zero-order valence-electron chi connectivity index (χ0n) is 21.7. The Labute approximate surface area is 217 Å². The third kappa shape index (κ3) is 6.25. The fourth-order valence-corrected chi connectivity index (χ4v) is 4.45. The van der Waals surface area contributed by atoms with Gasteiger partial charge >= 0.3 is 18.0 Å². The number of benzene rings is 2. The van der Waals surface area contributed by atoms with Gasteiger partial charge in [-0.25, -0.2) is 19.3 Å². The molecule has 0 saturated carbocycles. The largest absolute Gasteiger partial charge is 0.465 e. The number of carbonyl (C=O) groups excluding carboxylic acids is 4. The average Bonchev–Trinajstić information content (AvgIpc) is 2.93. The van der Waals surface area contributed by atoms with Gasteiger partial charge in [-0.15, -0.1) is 0 Å². The van der Waals surface area contributed by atoms with Crippen molar-refractivity contribution in [1.82, 2.24) is 0 Å². The zero-order valence-corrected chi connectivity index (χ0v) is 21.7. The van der Waals surface area contributed by atoms with Gasteiger partial charge in [-0.2, -0.15) is 0 Å². The summed E-state index contributed by atoms with van der Waals surface area (Å²) >= 11 is 0. The third-order valence-electron chi connectivity index (χ3n) is 6.53. The van der Waals surface area contributed by atoms with Crippen LogP contribution in [0.15, 0.2) is 60.7 Å². The number of rotatable bonds is 11. The molecule has 0 aromatic heterocycles. The maximum Gasteiger partial charge on any atom is 0.337 e. The Kier molecular flexibility index (Phi) is 9.60. The number of nitrogens with zero attached hydrogens (tertiary/aromatic N) is 2. The van der Waals surface area contributed by atoms with Crippen LogP contribution in [0.25, 0.3) is 0 Å². The Morgan fingerprint density at radius 3 is 1.78 bits per heavy atom. The second-order valence-electron chi connectivity index (χ2n) is 8.97. The van der Waals surface area contributed by atoms with E-state index in [0.717, 1.165) is 37.0 Å². The highest BCUT2D eigenvalue weighted by Crippen LogP contribution is 2.34. The SMILES string of the molecule is C=C1C(=O)N(c2ccc(C(=O)OC)cc2)C(=O)N(c2ccc(C(=O)OC)cc2)C1CCCCCCCC. The summed E-state index contributed by atoms with van der Waals surface area (Å²) in [5.41, 5.74) is 1.82. The summed E-state index contributed by atoms with van der Waals surface area (Å²) in [6.07, 6.45) is 7.05. The first-order chi connectivity index (χ1) is 17.8. The maximum absolute atomic E-state index is 13.8. The van der Waals surface area contributed by atoms with Crippen LogP contribution >= 0.6 is 0 Å². The van der Waals surface area contributed by atoms with Crippen LogP contribution in [0.2, 0.25) is 0 Å². The Morgan fingerprint density at radius 1 is 0.784 bits per heavy atom. The highest BCUT2D eigenvalue weighted by Gasteiger charge is 2.43. The van der Waals surface area contributed by atoms with Crippen molar-refractivity contribution in [2.24, 2.45) is 0 Å². The molecule has 1 aliphatic heterocycles. The molecule has 0 radical (unpaired) electrons. The molecule has 1 aliphatic rings. The zero-order chi connectivity index (χ0) is 26.9. The molecule has 2 aromatic carbocycles. The molecule has 0 N–H and O–H groups in total. The number of hydrogen-bond donors (Lipinski definition) is 0. The number of methoxy groups -OCH3 is 2. The number of imide groups is 1. The summed E-state index contributed by atoms with van der Waals surface area (Å²) in [5, 5.41) is 0. The molecule has 8 nitrogen and oxygen atoms in total. The van der Waals surface area contributed by atoms with Gasteiger partial charge in [0.1, 0.15) is 0 Å². The van der Waals surface area contributed by atoms with Crippen molar-refractivity contribution in [2.45, 2.75) is 57.9 Å². The molecule has 196 valence electrons. The van der Waals surface area contributed by atoms with Crippen LogP contribution in [-0.2, 0) is 14.3 Å². The van der Waals surface area contributed by atoms with Gasteiger partial charge in [-0.1, -0.05) is 52.0 Å². The molecule has 1 atom stereocenters. The number of amides is 3. The Morgan fingerprint density at radius 2 is 1.27 bits per heavy atom. The van der Waals surface area contributed by atoms with E-state index in [-0.39, 0.29) is 0 Å². The van der Waals surface area contributed by atoms with E-state index in [9.17, 15) is 19.2 Å². The highest BCUT2D eigenvalue weighted by molar-refractivity contribution is 6.28. The van der Waals surface area contributed by atoms with E-state index < -0.39 is 29.9 Å². The maximum atomic E-state index is 13.8. The van der Waals surface area contributed by atoms with Gasteiger partial charge in [0, 0.05) is 11.3 Å². The number of urea groups is 1. The number of esters is 2. The molecule has 0 bridgehead atoms. The molecular formula is C29H34N2O6. The number of ether oxygens (including phenoxy) is 2. The normalized spacial score (nSPS) is 15.6. The smallest absolute Gasteiger partial charge is 0.337 e. The number of hydrogen-bond acceptors (Lipinski definition) is 6. The van der Waals surface area contributed by atoms with E-state index in [1.807, 2.05) is 0 Å². The molecule has 3 amide bonds. The molecule has 1 unspecified atom stereocenters. The van der Waals surface area contributed by atoms with Crippen LogP contribution in [0.1, 0.15) is 72.6 Å². The van der Waals surface area contributed by atoms with Gasteiger partial charge in [0.25, 0.3) is 5.91 Å². The summed E-state index contributed by atoms with van der Waals surface area (Å²) in [4.78, 5) is 53.6. The fourth-order valence-electron chi connectivity index (χ4n) is 4.45. The first-order valence-corrected chi connectivity index (χ1v) is 12.6. The van der Waals surface area contributed by atoms with Crippen molar-refractivity contribution in [3.05, 3.63) is 71.8 Å². The standard InChI is InChI=1S/C29H34N2O6/c1-5-6-7-8-9-10-11-25-20(2)26(32)31(24-18-14-22(15-19-24)28(34)37-4)29(35)30(25)23-16-12-21(13-17-23)27(33)36-3/h12-19,25H,2,5-11H2,1,3-4H3. The lowest BCUT2D eigenvalue weighted by Crippen LogP contribution is -2.58. The predicted molar refractivity (Wildman–Crippen MR) is 142 cm³/mol. The lowest BCUT2D eigenvalue weighted by molar-refractivity contribution is -0.115. The van der Waals surface area contributed by atoms with E-state index >= 15 is 0 Å². The monoisotopic (exact) mass is 506 g/mol. The van der Waals surface area contributed by atoms with Gasteiger partial charge in [-0.05, 0) is 55.0 Å². The summed E-state index contributed by atoms with van der Waals surface area (Å²) in [7, 11) is 2.59. The molecule has 0 aliphatic carbocycles. The van der Waals surface area contributed by atoms with Crippen LogP contribution in [0, 0.1) is 0 Å². The van der Waals surface area contributed by atoms with E-state index in [0.29, 0.717) is 34.5 Å². The molecule has 1 saturated heterocycles. The second-order valence-corrected chi connectivity index (χ2v) is 8.97. The van der Waals surface area contributed by atoms with Gasteiger partial charge in [-0.3, -0.25) is 9.69 Å². The van der Waals surface area contributed by atoms with Crippen LogP contribution in [0.4, 0.5) is 16.2 Å².